The number of carbonyl (C=O) groups is 1. The van der Waals surface area contributed by atoms with Crippen LogP contribution in [0.5, 0.6) is 17.2 Å². The number of benzene rings is 2. The van der Waals surface area contributed by atoms with Crippen LogP contribution < -0.4 is 14.2 Å². The third-order valence-corrected chi connectivity index (χ3v) is 4.28. The second-order valence-corrected chi connectivity index (χ2v) is 6.41. The summed E-state index contributed by atoms with van der Waals surface area (Å²) in [6, 6.07) is 12.8. The molecule has 6 nitrogen and oxygen atoms in total. The van der Waals surface area contributed by atoms with Crippen LogP contribution in [0.4, 0.5) is 0 Å². The summed E-state index contributed by atoms with van der Waals surface area (Å²) < 4.78 is 21.9. The minimum atomic E-state index is -0.490. The molecule has 152 valence electrons. The maximum atomic E-state index is 12.2. The van der Waals surface area contributed by atoms with Gasteiger partial charge in [-0.25, -0.2) is 9.79 Å². The SMILES string of the molecule is CCCCOc1ccc(/C=C2\N=C(c3ccc(OCC)cc3)OC2=O)cc1OC. The highest BCUT2D eigenvalue weighted by molar-refractivity contribution is 6.12. The van der Waals surface area contributed by atoms with Gasteiger partial charge in [-0.05, 0) is 61.4 Å². The van der Waals surface area contributed by atoms with Crippen LogP contribution in [0.2, 0.25) is 0 Å². The first kappa shape index (κ1) is 20.5. The lowest BCUT2D eigenvalue weighted by Crippen LogP contribution is -2.05. The fourth-order valence-electron chi connectivity index (χ4n) is 2.77. The van der Waals surface area contributed by atoms with Gasteiger partial charge in [0.15, 0.2) is 17.2 Å². The molecule has 0 spiro atoms. The average Bonchev–Trinajstić information content (AvgIpc) is 3.10. The van der Waals surface area contributed by atoms with Gasteiger partial charge in [0, 0.05) is 5.56 Å². The zero-order valence-electron chi connectivity index (χ0n) is 16.9. The lowest BCUT2D eigenvalue weighted by Gasteiger charge is -2.10. The monoisotopic (exact) mass is 395 g/mol. The fourth-order valence-corrected chi connectivity index (χ4v) is 2.77. The Kier molecular flexibility index (Phi) is 6.89. The molecule has 1 aliphatic heterocycles. The van der Waals surface area contributed by atoms with Crippen molar-refractivity contribution in [3.05, 3.63) is 59.3 Å². The Morgan fingerprint density at radius 1 is 1.03 bits per heavy atom. The summed E-state index contributed by atoms with van der Waals surface area (Å²) in [7, 11) is 1.59. The highest BCUT2D eigenvalue weighted by atomic mass is 16.6. The number of carbonyl (C=O) groups excluding carboxylic acids is 1. The highest BCUT2D eigenvalue weighted by Gasteiger charge is 2.24. The number of methoxy groups -OCH3 is 1. The van der Waals surface area contributed by atoms with E-state index < -0.39 is 5.97 Å². The zero-order chi connectivity index (χ0) is 20.6. The van der Waals surface area contributed by atoms with E-state index in [1.807, 2.05) is 49.4 Å². The number of unbranched alkanes of at least 4 members (excludes halogenated alkanes) is 1. The molecular weight excluding hydrogens is 370 g/mol. The van der Waals surface area contributed by atoms with E-state index >= 15 is 0 Å². The van der Waals surface area contributed by atoms with E-state index in [9.17, 15) is 4.79 Å². The quantitative estimate of drug-likeness (QED) is 0.352. The molecule has 2 aromatic rings. The summed E-state index contributed by atoms with van der Waals surface area (Å²) in [5.41, 5.74) is 1.71. The van der Waals surface area contributed by atoms with Gasteiger partial charge >= 0.3 is 5.97 Å². The van der Waals surface area contributed by atoms with Gasteiger partial charge in [-0.15, -0.1) is 0 Å². The van der Waals surface area contributed by atoms with Crippen molar-refractivity contribution >= 4 is 17.9 Å². The van der Waals surface area contributed by atoms with E-state index in [1.165, 1.54) is 0 Å². The molecule has 0 amide bonds. The van der Waals surface area contributed by atoms with Crippen molar-refractivity contribution in [2.24, 2.45) is 4.99 Å². The Labute approximate surface area is 170 Å². The lowest BCUT2D eigenvalue weighted by molar-refractivity contribution is -0.129. The van der Waals surface area contributed by atoms with Gasteiger partial charge in [-0.1, -0.05) is 19.4 Å². The molecule has 0 radical (unpaired) electrons. The molecule has 0 aromatic heterocycles. The van der Waals surface area contributed by atoms with Gasteiger partial charge in [-0.3, -0.25) is 0 Å². The smallest absolute Gasteiger partial charge is 0.363 e. The Morgan fingerprint density at radius 3 is 2.52 bits per heavy atom. The predicted octanol–water partition coefficient (Wildman–Crippen LogP) is 4.62. The minimum absolute atomic E-state index is 0.232. The number of hydrogen-bond donors (Lipinski definition) is 0. The van der Waals surface area contributed by atoms with E-state index in [0.717, 1.165) is 24.2 Å². The first-order valence-corrected chi connectivity index (χ1v) is 9.71. The van der Waals surface area contributed by atoms with Crippen molar-refractivity contribution in [1.82, 2.24) is 0 Å². The molecule has 2 aromatic carbocycles. The molecule has 0 atom stereocenters. The Morgan fingerprint density at radius 2 is 1.83 bits per heavy atom. The van der Waals surface area contributed by atoms with E-state index in [0.29, 0.717) is 30.3 Å². The van der Waals surface area contributed by atoms with Gasteiger partial charge in [0.25, 0.3) is 0 Å². The number of aliphatic imine (C=N–C) groups is 1. The zero-order valence-corrected chi connectivity index (χ0v) is 16.9. The summed E-state index contributed by atoms with van der Waals surface area (Å²) >= 11 is 0. The molecule has 1 heterocycles. The Bertz CT molecular complexity index is 915. The molecule has 1 aliphatic rings. The molecule has 3 rings (SSSR count). The van der Waals surface area contributed by atoms with Crippen LogP contribution >= 0.6 is 0 Å². The molecule has 0 saturated carbocycles. The Hall–Kier alpha value is -3.28. The molecule has 0 N–H and O–H groups in total. The third-order valence-electron chi connectivity index (χ3n) is 4.28. The molecule has 0 bridgehead atoms. The van der Waals surface area contributed by atoms with Crippen LogP contribution in [0.1, 0.15) is 37.8 Å². The van der Waals surface area contributed by atoms with Gasteiger partial charge in [0.1, 0.15) is 5.75 Å². The van der Waals surface area contributed by atoms with Crippen molar-refractivity contribution < 1.29 is 23.7 Å². The van der Waals surface area contributed by atoms with E-state index in [4.69, 9.17) is 18.9 Å². The van der Waals surface area contributed by atoms with Crippen LogP contribution in [0.3, 0.4) is 0 Å². The minimum Gasteiger partial charge on any atom is -0.494 e. The maximum Gasteiger partial charge on any atom is 0.363 e. The summed E-state index contributed by atoms with van der Waals surface area (Å²) in [5.74, 6) is 1.82. The topological polar surface area (TPSA) is 66.3 Å². The summed E-state index contributed by atoms with van der Waals surface area (Å²) in [4.78, 5) is 16.6. The van der Waals surface area contributed by atoms with Crippen molar-refractivity contribution in [2.45, 2.75) is 26.7 Å². The summed E-state index contributed by atoms with van der Waals surface area (Å²) in [5, 5.41) is 0. The van der Waals surface area contributed by atoms with Crippen molar-refractivity contribution in [3.8, 4) is 17.2 Å². The van der Waals surface area contributed by atoms with E-state index in [1.54, 1.807) is 13.2 Å². The number of hydrogen-bond acceptors (Lipinski definition) is 6. The molecule has 0 unspecified atom stereocenters. The van der Waals surface area contributed by atoms with Crippen LogP contribution in [-0.2, 0) is 9.53 Å². The standard InChI is InChI=1S/C23H25NO5/c1-4-6-13-28-20-12-7-16(15-21(20)26-3)14-19-23(25)29-22(24-19)17-8-10-18(11-9-17)27-5-2/h7-12,14-15H,4-6,13H2,1-3H3/b19-14-. The fraction of sp³-hybridized carbons (Fsp3) is 0.304. The number of esters is 1. The summed E-state index contributed by atoms with van der Waals surface area (Å²) in [6.07, 6.45) is 3.70. The van der Waals surface area contributed by atoms with Crippen molar-refractivity contribution in [1.29, 1.82) is 0 Å². The van der Waals surface area contributed by atoms with Crippen molar-refractivity contribution in [2.75, 3.05) is 20.3 Å². The Balaban J connectivity index is 1.79. The van der Waals surface area contributed by atoms with E-state index in [-0.39, 0.29) is 11.6 Å². The summed E-state index contributed by atoms with van der Waals surface area (Å²) in [6.45, 7) is 5.26. The molecular formula is C23H25NO5. The van der Waals surface area contributed by atoms with E-state index in [2.05, 4.69) is 11.9 Å². The number of cyclic esters (lactones) is 1. The number of ether oxygens (including phenoxy) is 4. The molecule has 29 heavy (non-hydrogen) atoms. The van der Waals surface area contributed by atoms with Crippen molar-refractivity contribution in [3.63, 3.8) is 0 Å². The molecule has 6 heteroatoms. The normalized spacial score (nSPS) is 14.5. The van der Waals surface area contributed by atoms with Gasteiger partial charge in [0.2, 0.25) is 5.90 Å². The van der Waals surface area contributed by atoms with Crippen LogP contribution in [-0.4, -0.2) is 32.2 Å². The van der Waals surface area contributed by atoms with Gasteiger partial charge in [0.05, 0.1) is 20.3 Å². The molecule has 0 saturated heterocycles. The van der Waals surface area contributed by atoms with Crippen LogP contribution in [0, 0.1) is 0 Å². The second-order valence-electron chi connectivity index (χ2n) is 6.41. The largest absolute Gasteiger partial charge is 0.494 e. The second kappa shape index (κ2) is 9.78. The molecule has 0 aliphatic carbocycles. The van der Waals surface area contributed by atoms with Crippen LogP contribution in [0.25, 0.3) is 6.08 Å². The average molecular weight is 395 g/mol. The first-order valence-electron chi connectivity index (χ1n) is 9.71. The highest BCUT2D eigenvalue weighted by Crippen LogP contribution is 2.30. The van der Waals surface area contributed by atoms with Gasteiger partial charge in [-0.2, -0.15) is 0 Å². The molecule has 0 fully saturated rings. The third kappa shape index (κ3) is 5.16. The predicted molar refractivity (Wildman–Crippen MR) is 112 cm³/mol. The lowest BCUT2D eigenvalue weighted by atomic mass is 10.1. The maximum absolute atomic E-state index is 12.2. The first-order chi connectivity index (χ1) is 14.1. The number of rotatable bonds is 9. The van der Waals surface area contributed by atoms with Crippen LogP contribution in [0.15, 0.2) is 53.2 Å². The number of nitrogens with zero attached hydrogens (tertiary/aromatic N) is 1. The van der Waals surface area contributed by atoms with Gasteiger partial charge < -0.3 is 18.9 Å².